The first kappa shape index (κ1) is 15.0. The van der Waals surface area contributed by atoms with Crippen LogP contribution in [0.3, 0.4) is 0 Å². The first-order chi connectivity index (χ1) is 8.60. The zero-order valence-electron chi connectivity index (χ0n) is 11.9. The minimum atomic E-state index is -0.356. The number of hydrogen-bond acceptors (Lipinski definition) is 3. The van der Waals surface area contributed by atoms with E-state index in [-0.39, 0.29) is 6.10 Å². The third kappa shape index (κ3) is 4.00. The molecule has 0 amide bonds. The van der Waals surface area contributed by atoms with Crippen LogP contribution in [0.15, 0.2) is 24.3 Å². The van der Waals surface area contributed by atoms with Crippen molar-refractivity contribution in [2.75, 3.05) is 25.2 Å². The molecule has 18 heavy (non-hydrogen) atoms. The van der Waals surface area contributed by atoms with E-state index in [2.05, 4.69) is 30.9 Å². The molecule has 0 aliphatic carbocycles. The van der Waals surface area contributed by atoms with Gasteiger partial charge in [-0.05, 0) is 38.0 Å². The number of ether oxygens (including phenoxy) is 1. The molecule has 1 rings (SSSR count). The van der Waals surface area contributed by atoms with E-state index in [1.165, 1.54) is 5.69 Å². The van der Waals surface area contributed by atoms with Gasteiger partial charge in [-0.3, -0.25) is 0 Å². The number of aliphatic hydroxyl groups excluding tert-OH is 1. The molecule has 0 unspecified atom stereocenters. The number of nitrogens with zero attached hydrogens (tertiary/aromatic N) is 1. The smallest absolute Gasteiger partial charge is 0.0787 e. The van der Waals surface area contributed by atoms with Gasteiger partial charge in [-0.15, -0.1) is 0 Å². The minimum absolute atomic E-state index is 0.356. The largest absolute Gasteiger partial charge is 0.388 e. The van der Waals surface area contributed by atoms with Gasteiger partial charge >= 0.3 is 0 Å². The van der Waals surface area contributed by atoms with Gasteiger partial charge in [-0.1, -0.05) is 19.1 Å². The second kappa shape index (κ2) is 7.39. The quantitative estimate of drug-likeness (QED) is 0.808. The maximum Gasteiger partial charge on any atom is 0.0787 e. The van der Waals surface area contributed by atoms with Crippen molar-refractivity contribution < 1.29 is 9.84 Å². The molecule has 1 aromatic carbocycles. The van der Waals surface area contributed by atoms with E-state index in [0.717, 1.165) is 25.1 Å². The Morgan fingerprint density at radius 2 is 1.83 bits per heavy atom. The van der Waals surface area contributed by atoms with E-state index in [4.69, 9.17) is 4.74 Å². The van der Waals surface area contributed by atoms with Crippen LogP contribution in [0.4, 0.5) is 5.69 Å². The standard InChI is InChI=1S/C15H25NO2/c1-5-15(17)13-6-8-14(9-7-13)16(12(2)3)10-11-18-4/h6-9,12,15,17H,5,10-11H2,1-4H3/t15-/m0/s1. The molecule has 0 heterocycles. The highest BCUT2D eigenvalue weighted by molar-refractivity contribution is 5.48. The van der Waals surface area contributed by atoms with E-state index in [1.807, 2.05) is 19.1 Å². The number of rotatable bonds is 7. The van der Waals surface area contributed by atoms with Crippen molar-refractivity contribution in [1.29, 1.82) is 0 Å². The Kier molecular flexibility index (Phi) is 6.16. The zero-order chi connectivity index (χ0) is 13.5. The second-order valence-electron chi connectivity index (χ2n) is 4.80. The lowest BCUT2D eigenvalue weighted by atomic mass is 10.1. The van der Waals surface area contributed by atoms with Gasteiger partial charge in [-0.2, -0.15) is 0 Å². The van der Waals surface area contributed by atoms with Crippen molar-refractivity contribution in [2.45, 2.75) is 39.3 Å². The van der Waals surface area contributed by atoms with Gasteiger partial charge in [-0.25, -0.2) is 0 Å². The first-order valence-corrected chi connectivity index (χ1v) is 6.63. The summed E-state index contributed by atoms with van der Waals surface area (Å²) in [6.45, 7) is 7.92. The summed E-state index contributed by atoms with van der Waals surface area (Å²) in [5.74, 6) is 0. The highest BCUT2D eigenvalue weighted by atomic mass is 16.5. The molecule has 1 atom stereocenters. The van der Waals surface area contributed by atoms with Gasteiger partial charge in [0.2, 0.25) is 0 Å². The molecule has 0 spiro atoms. The van der Waals surface area contributed by atoms with Crippen LogP contribution in [0.25, 0.3) is 0 Å². The first-order valence-electron chi connectivity index (χ1n) is 6.63. The monoisotopic (exact) mass is 251 g/mol. The molecule has 0 radical (unpaired) electrons. The molecule has 102 valence electrons. The average Bonchev–Trinajstić information content (AvgIpc) is 2.38. The van der Waals surface area contributed by atoms with Crippen LogP contribution in [0.1, 0.15) is 38.9 Å². The summed E-state index contributed by atoms with van der Waals surface area (Å²) in [5, 5.41) is 9.78. The van der Waals surface area contributed by atoms with Crippen LogP contribution in [0, 0.1) is 0 Å². The zero-order valence-corrected chi connectivity index (χ0v) is 11.9. The lowest BCUT2D eigenvalue weighted by Crippen LogP contribution is -2.33. The van der Waals surface area contributed by atoms with Gasteiger partial charge < -0.3 is 14.7 Å². The Labute approximate surface area is 110 Å². The van der Waals surface area contributed by atoms with Gasteiger partial charge in [0.1, 0.15) is 0 Å². The summed E-state index contributed by atoms with van der Waals surface area (Å²) in [5.41, 5.74) is 2.16. The highest BCUT2D eigenvalue weighted by Gasteiger charge is 2.11. The van der Waals surface area contributed by atoms with E-state index < -0.39 is 0 Å². The van der Waals surface area contributed by atoms with Crippen molar-refractivity contribution in [3.8, 4) is 0 Å². The molecule has 0 aromatic heterocycles. The maximum absolute atomic E-state index is 9.78. The Balaban J connectivity index is 2.80. The summed E-state index contributed by atoms with van der Waals surface area (Å²) in [6.07, 6.45) is 0.391. The van der Waals surface area contributed by atoms with Crippen LogP contribution >= 0.6 is 0 Å². The third-order valence-corrected chi connectivity index (χ3v) is 3.16. The van der Waals surface area contributed by atoms with Crippen LogP contribution < -0.4 is 4.90 Å². The lowest BCUT2D eigenvalue weighted by molar-refractivity contribution is 0.173. The van der Waals surface area contributed by atoms with Crippen LogP contribution in [0.2, 0.25) is 0 Å². The van der Waals surface area contributed by atoms with Crippen molar-refractivity contribution >= 4 is 5.69 Å². The number of methoxy groups -OCH3 is 1. The van der Waals surface area contributed by atoms with E-state index >= 15 is 0 Å². The van der Waals surface area contributed by atoms with Gasteiger partial charge in [0.25, 0.3) is 0 Å². The van der Waals surface area contributed by atoms with Crippen molar-refractivity contribution in [3.63, 3.8) is 0 Å². The van der Waals surface area contributed by atoms with Gasteiger partial charge in [0.05, 0.1) is 12.7 Å². The Hall–Kier alpha value is -1.06. The normalized spacial score (nSPS) is 12.8. The third-order valence-electron chi connectivity index (χ3n) is 3.16. The van der Waals surface area contributed by atoms with Crippen LogP contribution in [0.5, 0.6) is 0 Å². The molecule has 3 nitrogen and oxygen atoms in total. The number of hydrogen-bond donors (Lipinski definition) is 1. The Morgan fingerprint density at radius 3 is 2.28 bits per heavy atom. The summed E-state index contributed by atoms with van der Waals surface area (Å²) in [4.78, 5) is 2.30. The Morgan fingerprint density at radius 1 is 1.22 bits per heavy atom. The molecular formula is C15H25NO2. The minimum Gasteiger partial charge on any atom is -0.388 e. The van der Waals surface area contributed by atoms with Crippen LogP contribution in [-0.4, -0.2) is 31.4 Å². The molecular weight excluding hydrogens is 226 g/mol. The lowest BCUT2D eigenvalue weighted by Gasteiger charge is -2.29. The van der Waals surface area contributed by atoms with E-state index in [9.17, 15) is 5.11 Å². The van der Waals surface area contributed by atoms with E-state index in [0.29, 0.717) is 6.04 Å². The summed E-state index contributed by atoms with van der Waals surface area (Å²) in [6, 6.07) is 8.59. The molecule has 0 bridgehead atoms. The van der Waals surface area contributed by atoms with Crippen LogP contribution in [-0.2, 0) is 4.74 Å². The average molecular weight is 251 g/mol. The van der Waals surface area contributed by atoms with Crippen molar-refractivity contribution in [3.05, 3.63) is 29.8 Å². The fourth-order valence-electron chi connectivity index (χ4n) is 2.00. The molecule has 1 N–H and O–H groups in total. The molecule has 0 saturated carbocycles. The summed E-state index contributed by atoms with van der Waals surface area (Å²) >= 11 is 0. The van der Waals surface area contributed by atoms with Crippen molar-refractivity contribution in [1.82, 2.24) is 0 Å². The maximum atomic E-state index is 9.78. The second-order valence-corrected chi connectivity index (χ2v) is 4.80. The number of aliphatic hydroxyl groups is 1. The van der Waals surface area contributed by atoms with Gasteiger partial charge in [0.15, 0.2) is 0 Å². The Bertz CT molecular complexity index is 335. The molecule has 1 aromatic rings. The molecule has 0 aliphatic heterocycles. The molecule has 0 aliphatic rings. The fourth-order valence-corrected chi connectivity index (χ4v) is 2.00. The van der Waals surface area contributed by atoms with Gasteiger partial charge in [0, 0.05) is 25.4 Å². The highest BCUT2D eigenvalue weighted by Crippen LogP contribution is 2.22. The number of benzene rings is 1. The summed E-state index contributed by atoms with van der Waals surface area (Å²) < 4.78 is 5.14. The molecule has 3 heteroatoms. The van der Waals surface area contributed by atoms with E-state index in [1.54, 1.807) is 7.11 Å². The SMILES string of the molecule is CC[C@H](O)c1ccc(N(CCOC)C(C)C)cc1. The molecule has 0 fully saturated rings. The van der Waals surface area contributed by atoms with Crippen molar-refractivity contribution in [2.24, 2.45) is 0 Å². The predicted octanol–water partition coefficient (Wildman–Crippen LogP) is 2.99. The number of anilines is 1. The predicted molar refractivity (Wildman–Crippen MR) is 76.1 cm³/mol. The topological polar surface area (TPSA) is 32.7 Å². The fraction of sp³-hybridized carbons (Fsp3) is 0.600. The molecule has 0 saturated heterocycles. The summed E-state index contributed by atoms with van der Waals surface area (Å²) in [7, 11) is 1.72.